The van der Waals surface area contributed by atoms with Gasteiger partial charge in [-0.15, -0.1) is 10.2 Å². The minimum absolute atomic E-state index is 0.0412. The first-order chi connectivity index (χ1) is 12.6. The van der Waals surface area contributed by atoms with Gasteiger partial charge in [-0.3, -0.25) is 9.78 Å². The van der Waals surface area contributed by atoms with Gasteiger partial charge in [-0.25, -0.2) is 0 Å². The molecule has 0 aliphatic carbocycles. The molecule has 7 nitrogen and oxygen atoms in total. The molecule has 1 aliphatic rings. The van der Waals surface area contributed by atoms with Gasteiger partial charge in [0.15, 0.2) is 6.10 Å². The van der Waals surface area contributed by atoms with Crippen molar-refractivity contribution in [3.63, 3.8) is 0 Å². The van der Waals surface area contributed by atoms with E-state index in [1.165, 1.54) is 0 Å². The fourth-order valence-electron chi connectivity index (χ4n) is 3.05. The Labute approximate surface area is 151 Å². The molecule has 0 saturated carbocycles. The van der Waals surface area contributed by atoms with E-state index in [1.54, 1.807) is 11.1 Å². The Bertz CT molecular complexity index is 932. The van der Waals surface area contributed by atoms with Crippen LogP contribution in [0.3, 0.4) is 0 Å². The van der Waals surface area contributed by atoms with E-state index in [1.807, 2.05) is 44.2 Å². The zero-order chi connectivity index (χ0) is 18.1. The van der Waals surface area contributed by atoms with Gasteiger partial charge in [0.25, 0.3) is 5.91 Å². The van der Waals surface area contributed by atoms with Crippen molar-refractivity contribution < 1.29 is 13.9 Å². The second-order valence-corrected chi connectivity index (χ2v) is 6.62. The first kappa shape index (κ1) is 16.7. The Morgan fingerprint density at radius 3 is 2.92 bits per heavy atom. The molecule has 7 heteroatoms. The first-order valence-corrected chi connectivity index (χ1v) is 8.71. The van der Waals surface area contributed by atoms with Crippen LogP contribution >= 0.6 is 0 Å². The summed E-state index contributed by atoms with van der Waals surface area (Å²) in [4.78, 5) is 19.2. The normalized spacial score (nSPS) is 17.8. The Balaban J connectivity index is 1.58. The highest BCUT2D eigenvalue weighted by molar-refractivity contribution is 6.06. The molecule has 1 amide bonds. The van der Waals surface area contributed by atoms with Crippen molar-refractivity contribution in [1.29, 1.82) is 0 Å². The number of hydrogen-bond acceptors (Lipinski definition) is 6. The van der Waals surface area contributed by atoms with Crippen molar-refractivity contribution in [1.82, 2.24) is 20.1 Å². The van der Waals surface area contributed by atoms with Crippen LogP contribution in [0.1, 0.15) is 48.0 Å². The van der Waals surface area contributed by atoms with Gasteiger partial charge in [0.2, 0.25) is 11.8 Å². The largest absolute Gasteiger partial charge is 0.422 e. The molecule has 1 fully saturated rings. The van der Waals surface area contributed by atoms with Crippen LogP contribution < -0.4 is 0 Å². The Hall–Kier alpha value is -2.80. The summed E-state index contributed by atoms with van der Waals surface area (Å²) in [6.45, 7) is 5.32. The van der Waals surface area contributed by atoms with Crippen molar-refractivity contribution in [3.05, 3.63) is 53.9 Å². The van der Waals surface area contributed by atoms with Crippen molar-refractivity contribution in [2.24, 2.45) is 0 Å². The third kappa shape index (κ3) is 3.06. The number of morpholine rings is 1. The van der Waals surface area contributed by atoms with Crippen LogP contribution in [-0.4, -0.2) is 45.7 Å². The second kappa shape index (κ2) is 6.84. The van der Waals surface area contributed by atoms with Gasteiger partial charge in [-0.05, 0) is 18.2 Å². The number of carbonyl (C=O) groups is 1. The maximum Gasteiger partial charge on any atom is 0.254 e. The van der Waals surface area contributed by atoms with Crippen LogP contribution in [0.5, 0.6) is 0 Å². The second-order valence-electron chi connectivity index (χ2n) is 6.62. The molecule has 1 saturated heterocycles. The fraction of sp³-hybridized carbons (Fsp3) is 0.368. The quantitative estimate of drug-likeness (QED) is 0.721. The van der Waals surface area contributed by atoms with Crippen LogP contribution in [0.4, 0.5) is 0 Å². The van der Waals surface area contributed by atoms with E-state index in [2.05, 4.69) is 15.2 Å². The summed E-state index contributed by atoms with van der Waals surface area (Å²) in [6, 6.07) is 9.35. The van der Waals surface area contributed by atoms with E-state index in [0.29, 0.717) is 37.0 Å². The number of aromatic nitrogens is 3. The lowest BCUT2D eigenvalue weighted by Gasteiger charge is -2.31. The van der Waals surface area contributed by atoms with Gasteiger partial charge in [-0.1, -0.05) is 26.0 Å². The Morgan fingerprint density at radius 1 is 1.23 bits per heavy atom. The molecule has 1 aliphatic heterocycles. The van der Waals surface area contributed by atoms with E-state index >= 15 is 0 Å². The Morgan fingerprint density at radius 2 is 2.12 bits per heavy atom. The third-order valence-electron chi connectivity index (χ3n) is 4.46. The van der Waals surface area contributed by atoms with E-state index in [9.17, 15) is 4.79 Å². The highest BCUT2D eigenvalue weighted by Crippen LogP contribution is 2.25. The van der Waals surface area contributed by atoms with Crippen LogP contribution in [0, 0.1) is 0 Å². The maximum atomic E-state index is 13.1. The zero-order valence-corrected chi connectivity index (χ0v) is 14.8. The zero-order valence-electron chi connectivity index (χ0n) is 14.8. The van der Waals surface area contributed by atoms with E-state index < -0.39 is 6.10 Å². The standard InChI is InChI=1S/C19H20N4O3/c1-12(2)17-21-22-18(26-17)16-11-23(9-10-25-16)19(24)14-5-3-7-15-13(14)6-4-8-20-15/h3-8,12,16H,9-11H2,1-2H3/t16-/m0/s1. The predicted octanol–water partition coefficient (Wildman–Crippen LogP) is 2.95. The number of pyridine rings is 1. The molecule has 134 valence electrons. The van der Waals surface area contributed by atoms with Gasteiger partial charge >= 0.3 is 0 Å². The molecule has 0 bridgehead atoms. The van der Waals surface area contributed by atoms with Crippen LogP contribution in [0.2, 0.25) is 0 Å². The lowest BCUT2D eigenvalue weighted by molar-refractivity contribution is -0.0350. The van der Waals surface area contributed by atoms with Crippen LogP contribution in [0.15, 0.2) is 40.9 Å². The molecule has 0 N–H and O–H groups in total. The van der Waals surface area contributed by atoms with Gasteiger partial charge in [0.1, 0.15) is 0 Å². The number of nitrogens with zero attached hydrogens (tertiary/aromatic N) is 4. The summed E-state index contributed by atoms with van der Waals surface area (Å²) in [5, 5.41) is 8.99. The average Bonchev–Trinajstić information content (AvgIpc) is 3.18. The topological polar surface area (TPSA) is 81.4 Å². The summed E-state index contributed by atoms with van der Waals surface area (Å²) in [5.74, 6) is 1.11. The number of benzene rings is 1. The molecule has 1 atom stereocenters. The lowest BCUT2D eigenvalue weighted by Crippen LogP contribution is -2.42. The number of amides is 1. The molecule has 0 unspecified atom stereocenters. The molecular formula is C19H20N4O3. The van der Waals surface area contributed by atoms with Gasteiger partial charge in [0.05, 0.1) is 18.7 Å². The summed E-state index contributed by atoms with van der Waals surface area (Å²) in [7, 11) is 0. The Kier molecular flexibility index (Phi) is 4.38. The fourth-order valence-corrected chi connectivity index (χ4v) is 3.05. The molecule has 1 aromatic carbocycles. The number of rotatable bonds is 3. The maximum absolute atomic E-state index is 13.1. The smallest absolute Gasteiger partial charge is 0.254 e. The van der Waals surface area contributed by atoms with E-state index in [0.717, 1.165) is 10.9 Å². The minimum Gasteiger partial charge on any atom is -0.422 e. The van der Waals surface area contributed by atoms with Gasteiger partial charge < -0.3 is 14.1 Å². The lowest BCUT2D eigenvalue weighted by atomic mass is 10.1. The highest BCUT2D eigenvalue weighted by Gasteiger charge is 2.30. The summed E-state index contributed by atoms with van der Waals surface area (Å²) in [5.41, 5.74) is 1.45. The molecule has 26 heavy (non-hydrogen) atoms. The molecule has 2 aromatic heterocycles. The summed E-state index contributed by atoms with van der Waals surface area (Å²) < 4.78 is 11.5. The first-order valence-electron chi connectivity index (χ1n) is 8.71. The van der Waals surface area contributed by atoms with Gasteiger partial charge in [-0.2, -0.15) is 0 Å². The van der Waals surface area contributed by atoms with E-state index in [4.69, 9.17) is 9.15 Å². The molecule has 3 aromatic rings. The van der Waals surface area contributed by atoms with E-state index in [-0.39, 0.29) is 11.8 Å². The van der Waals surface area contributed by atoms with Crippen molar-refractivity contribution in [2.45, 2.75) is 25.9 Å². The predicted molar refractivity (Wildman–Crippen MR) is 94.7 cm³/mol. The summed E-state index contributed by atoms with van der Waals surface area (Å²) in [6.07, 6.45) is 1.32. The average molecular weight is 352 g/mol. The third-order valence-corrected chi connectivity index (χ3v) is 4.46. The number of fused-ring (bicyclic) bond motifs is 1. The van der Waals surface area contributed by atoms with Crippen molar-refractivity contribution >= 4 is 16.8 Å². The molecule has 0 radical (unpaired) electrons. The van der Waals surface area contributed by atoms with Crippen molar-refractivity contribution in [3.8, 4) is 0 Å². The summed E-state index contributed by atoms with van der Waals surface area (Å²) >= 11 is 0. The minimum atomic E-state index is -0.402. The van der Waals surface area contributed by atoms with Crippen LogP contribution in [-0.2, 0) is 4.74 Å². The SMILES string of the molecule is CC(C)c1nnc([C@@H]2CN(C(=O)c3cccc4ncccc34)CCO2)o1. The highest BCUT2D eigenvalue weighted by atomic mass is 16.5. The number of carbonyl (C=O) groups excluding carboxylic acids is 1. The van der Waals surface area contributed by atoms with Gasteiger partial charge in [0, 0.05) is 29.6 Å². The number of hydrogen-bond donors (Lipinski definition) is 0. The molecule has 4 rings (SSSR count). The molecule has 3 heterocycles. The van der Waals surface area contributed by atoms with Crippen LogP contribution in [0.25, 0.3) is 10.9 Å². The molecule has 0 spiro atoms. The monoisotopic (exact) mass is 352 g/mol. The van der Waals surface area contributed by atoms with Crippen molar-refractivity contribution in [2.75, 3.05) is 19.7 Å². The number of ether oxygens (including phenoxy) is 1. The molecular weight excluding hydrogens is 332 g/mol.